The fourth-order valence-corrected chi connectivity index (χ4v) is 5.03. The van der Waals surface area contributed by atoms with Gasteiger partial charge in [-0.05, 0) is 38.3 Å². The summed E-state index contributed by atoms with van der Waals surface area (Å²) in [6.07, 6.45) is 0. The first-order valence-corrected chi connectivity index (χ1v) is 11.8. The number of fused-ring (bicyclic) bond motifs is 3. The molecule has 3 aromatic rings. The van der Waals surface area contributed by atoms with E-state index in [1.165, 1.54) is 22.7 Å². The molecular formula is C20H30Cl2N6O2S2. The molecule has 32 heavy (non-hydrogen) atoms. The smallest absolute Gasteiger partial charge is 0.240 e. The highest BCUT2D eigenvalue weighted by molar-refractivity contribution is 7.25. The number of nitrogens with zero attached hydrogens (tertiary/aromatic N) is 4. The molecule has 0 aliphatic heterocycles. The second kappa shape index (κ2) is 13.2. The van der Waals surface area contributed by atoms with E-state index in [0.29, 0.717) is 23.4 Å². The van der Waals surface area contributed by atoms with Crippen molar-refractivity contribution in [1.29, 1.82) is 0 Å². The van der Waals surface area contributed by atoms with Gasteiger partial charge in [0.1, 0.15) is 5.52 Å². The number of aromatic nitrogens is 2. The molecule has 2 N–H and O–H groups in total. The van der Waals surface area contributed by atoms with Crippen LogP contribution in [0.3, 0.4) is 0 Å². The van der Waals surface area contributed by atoms with Gasteiger partial charge in [-0.2, -0.15) is 0 Å². The quantitative estimate of drug-likeness (QED) is 0.413. The van der Waals surface area contributed by atoms with Crippen LogP contribution in [0.2, 0.25) is 0 Å². The third-order valence-electron chi connectivity index (χ3n) is 4.93. The zero-order chi connectivity index (χ0) is 21.7. The van der Waals surface area contributed by atoms with Gasteiger partial charge < -0.3 is 10.6 Å². The Bertz CT molecular complexity index is 952. The number of halogens is 2. The second-order valence-corrected chi connectivity index (χ2v) is 8.85. The zero-order valence-corrected chi connectivity index (χ0v) is 21.9. The monoisotopic (exact) mass is 520 g/mol. The van der Waals surface area contributed by atoms with Crippen molar-refractivity contribution in [3.63, 3.8) is 0 Å². The van der Waals surface area contributed by atoms with Gasteiger partial charge in [0.15, 0.2) is 10.3 Å². The molecule has 0 radical (unpaired) electrons. The number of hydrogen-bond donors (Lipinski definition) is 2. The SMILES string of the molecule is CCN(CC)CC(=O)Nc1nc2c(ccc3nc(NC(=O)CN(CC)CC)sc32)s1.Cl.Cl. The van der Waals surface area contributed by atoms with Crippen molar-refractivity contribution in [1.82, 2.24) is 19.8 Å². The molecule has 178 valence electrons. The van der Waals surface area contributed by atoms with Crippen LogP contribution < -0.4 is 10.6 Å². The van der Waals surface area contributed by atoms with Crippen molar-refractivity contribution in [2.75, 3.05) is 49.9 Å². The Morgan fingerprint density at radius 3 is 1.81 bits per heavy atom. The molecule has 12 heteroatoms. The van der Waals surface area contributed by atoms with Crippen LogP contribution >= 0.6 is 47.5 Å². The summed E-state index contributed by atoms with van der Waals surface area (Å²) >= 11 is 2.85. The highest BCUT2D eigenvalue weighted by Crippen LogP contribution is 2.36. The number of thiazole rings is 2. The first-order valence-electron chi connectivity index (χ1n) is 10.2. The standard InChI is InChI=1S/C20H28N6O2S2.2ClH/c1-5-25(6-2)11-15(27)22-19-21-13-9-10-14-17(18(13)30-19)24-20(29-14)23-16(28)12-26(7-3)8-4;;/h9-10H,5-8,11-12H2,1-4H3,(H,21,22,27)(H,23,24,28);2*1H. The summed E-state index contributed by atoms with van der Waals surface area (Å²) in [5, 5.41) is 6.94. The van der Waals surface area contributed by atoms with Crippen LogP contribution in [0, 0.1) is 0 Å². The van der Waals surface area contributed by atoms with Crippen LogP contribution in [-0.4, -0.2) is 70.9 Å². The van der Waals surface area contributed by atoms with Crippen LogP contribution in [0.5, 0.6) is 0 Å². The van der Waals surface area contributed by atoms with E-state index in [9.17, 15) is 9.59 Å². The van der Waals surface area contributed by atoms with E-state index >= 15 is 0 Å². The number of amides is 2. The lowest BCUT2D eigenvalue weighted by Crippen LogP contribution is -2.32. The molecule has 0 fully saturated rings. The molecule has 2 aromatic heterocycles. The number of nitrogens with one attached hydrogen (secondary N) is 2. The molecule has 3 rings (SSSR count). The Kier molecular flexibility index (Phi) is 11.8. The molecule has 2 amide bonds. The third-order valence-corrected chi connectivity index (χ3v) is 6.86. The van der Waals surface area contributed by atoms with Crippen molar-refractivity contribution < 1.29 is 9.59 Å². The van der Waals surface area contributed by atoms with Crippen molar-refractivity contribution in [3.8, 4) is 0 Å². The Labute approximate surface area is 208 Å². The fourth-order valence-electron chi connectivity index (χ4n) is 3.10. The molecule has 2 heterocycles. The van der Waals surface area contributed by atoms with Crippen molar-refractivity contribution in [3.05, 3.63) is 12.1 Å². The molecule has 0 atom stereocenters. The summed E-state index contributed by atoms with van der Waals surface area (Å²) in [4.78, 5) is 37.8. The van der Waals surface area contributed by atoms with Crippen LogP contribution in [0.15, 0.2) is 12.1 Å². The summed E-state index contributed by atoms with van der Waals surface area (Å²) in [6.45, 7) is 12.1. The summed E-state index contributed by atoms with van der Waals surface area (Å²) in [6, 6.07) is 3.88. The zero-order valence-electron chi connectivity index (χ0n) is 18.6. The number of likely N-dealkylation sites (N-methyl/N-ethyl adjacent to an activating group) is 2. The molecule has 0 saturated heterocycles. The number of carbonyl (C=O) groups is 2. The van der Waals surface area contributed by atoms with Gasteiger partial charge in [-0.1, -0.05) is 50.4 Å². The number of benzene rings is 1. The van der Waals surface area contributed by atoms with E-state index < -0.39 is 0 Å². The average molecular weight is 522 g/mol. The molecule has 0 spiro atoms. The molecule has 0 bridgehead atoms. The summed E-state index contributed by atoms with van der Waals surface area (Å²) < 4.78 is 1.89. The first kappa shape index (κ1) is 28.5. The predicted molar refractivity (Wildman–Crippen MR) is 140 cm³/mol. The highest BCUT2D eigenvalue weighted by Gasteiger charge is 2.16. The van der Waals surface area contributed by atoms with Gasteiger partial charge in [0, 0.05) is 0 Å². The van der Waals surface area contributed by atoms with Crippen LogP contribution in [0.1, 0.15) is 27.7 Å². The van der Waals surface area contributed by atoms with Gasteiger partial charge in [-0.15, -0.1) is 24.8 Å². The summed E-state index contributed by atoms with van der Waals surface area (Å²) in [5.41, 5.74) is 1.59. The lowest BCUT2D eigenvalue weighted by Gasteiger charge is -2.16. The maximum absolute atomic E-state index is 12.3. The normalized spacial score (nSPS) is 10.9. The molecule has 8 nitrogen and oxygen atoms in total. The largest absolute Gasteiger partial charge is 0.301 e. The van der Waals surface area contributed by atoms with Crippen LogP contribution in [0.4, 0.5) is 10.3 Å². The molecular weight excluding hydrogens is 491 g/mol. The van der Waals surface area contributed by atoms with Crippen molar-refractivity contribution in [2.24, 2.45) is 0 Å². The number of rotatable bonds is 10. The number of carbonyl (C=O) groups excluding carboxylic acids is 2. The third kappa shape index (κ3) is 6.97. The molecule has 1 aromatic carbocycles. The minimum Gasteiger partial charge on any atom is -0.301 e. The Balaban J connectivity index is 0.00000256. The Morgan fingerprint density at radius 2 is 1.31 bits per heavy atom. The van der Waals surface area contributed by atoms with Gasteiger partial charge >= 0.3 is 0 Å². The van der Waals surface area contributed by atoms with E-state index in [-0.39, 0.29) is 36.6 Å². The van der Waals surface area contributed by atoms with Crippen molar-refractivity contribution in [2.45, 2.75) is 27.7 Å². The minimum absolute atomic E-state index is 0. The maximum atomic E-state index is 12.3. The highest BCUT2D eigenvalue weighted by atomic mass is 35.5. The Hall–Kier alpha value is -1.56. The van der Waals surface area contributed by atoms with E-state index in [1.807, 2.05) is 39.8 Å². The van der Waals surface area contributed by atoms with Crippen LogP contribution in [0.25, 0.3) is 20.4 Å². The van der Waals surface area contributed by atoms with Gasteiger partial charge in [-0.3, -0.25) is 19.4 Å². The maximum Gasteiger partial charge on any atom is 0.240 e. The number of anilines is 2. The van der Waals surface area contributed by atoms with Crippen molar-refractivity contribution >= 4 is 90.0 Å². The molecule has 0 unspecified atom stereocenters. The Morgan fingerprint density at radius 1 is 0.812 bits per heavy atom. The molecule has 0 aliphatic carbocycles. The topological polar surface area (TPSA) is 90.5 Å². The first-order chi connectivity index (χ1) is 14.5. The second-order valence-electron chi connectivity index (χ2n) is 6.82. The van der Waals surface area contributed by atoms with Gasteiger partial charge in [0.05, 0.1) is 28.0 Å². The lowest BCUT2D eigenvalue weighted by molar-refractivity contribution is -0.118. The number of hydrogen-bond acceptors (Lipinski definition) is 8. The van der Waals surface area contributed by atoms with E-state index in [0.717, 1.165) is 46.6 Å². The van der Waals surface area contributed by atoms with E-state index in [4.69, 9.17) is 0 Å². The minimum atomic E-state index is -0.0726. The summed E-state index contributed by atoms with van der Waals surface area (Å²) in [5.74, 6) is -0.140. The predicted octanol–water partition coefficient (Wildman–Crippen LogP) is 4.31. The lowest BCUT2D eigenvalue weighted by atomic mass is 10.3. The average Bonchev–Trinajstić information content (AvgIpc) is 3.32. The summed E-state index contributed by atoms with van der Waals surface area (Å²) in [7, 11) is 0. The van der Waals surface area contributed by atoms with Gasteiger partial charge in [-0.25, -0.2) is 9.97 Å². The van der Waals surface area contributed by atoms with Crippen LogP contribution in [-0.2, 0) is 9.59 Å². The van der Waals surface area contributed by atoms with Gasteiger partial charge in [0.2, 0.25) is 11.8 Å². The van der Waals surface area contributed by atoms with Gasteiger partial charge in [0.25, 0.3) is 0 Å². The molecule has 0 aliphatic rings. The van der Waals surface area contributed by atoms with E-state index in [1.54, 1.807) is 0 Å². The fraction of sp³-hybridized carbons (Fsp3) is 0.500. The van der Waals surface area contributed by atoms with E-state index in [2.05, 4.69) is 30.4 Å². The molecule has 0 saturated carbocycles.